The van der Waals surface area contributed by atoms with E-state index in [-0.39, 0.29) is 19.7 Å². The maximum absolute atomic E-state index is 12.5. The molecule has 0 aliphatic carbocycles. The minimum Gasteiger partial charge on any atom is -0.395 e. The summed E-state index contributed by atoms with van der Waals surface area (Å²) < 4.78 is 37.5. The Morgan fingerprint density at radius 2 is 1.90 bits per heavy atom. The third-order valence-corrected chi connectivity index (χ3v) is 2.95. The van der Waals surface area contributed by atoms with Gasteiger partial charge in [0, 0.05) is 24.7 Å². The summed E-state index contributed by atoms with van der Waals surface area (Å²) in [5.74, 6) is 0. The van der Waals surface area contributed by atoms with Crippen LogP contribution in [-0.2, 0) is 6.54 Å². The van der Waals surface area contributed by atoms with E-state index in [9.17, 15) is 13.2 Å². The van der Waals surface area contributed by atoms with Gasteiger partial charge in [-0.15, -0.1) is 0 Å². The van der Waals surface area contributed by atoms with Gasteiger partial charge in [0.25, 0.3) is 0 Å². The molecular formula is C14H15F3N2O. The van der Waals surface area contributed by atoms with E-state index in [1.807, 2.05) is 24.3 Å². The quantitative estimate of drug-likeness (QED) is 0.917. The summed E-state index contributed by atoms with van der Waals surface area (Å²) >= 11 is 0. The van der Waals surface area contributed by atoms with Crippen molar-refractivity contribution in [2.24, 2.45) is 0 Å². The predicted octanol–water partition coefficient (Wildman–Crippen LogP) is 2.59. The number of aliphatic hydroxyl groups is 1. The summed E-state index contributed by atoms with van der Waals surface area (Å²) in [6, 6.07) is 9.03. The van der Waals surface area contributed by atoms with Gasteiger partial charge in [-0.05, 0) is 17.7 Å². The molecule has 108 valence electrons. The number of fused-ring (bicyclic) bond motifs is 1. The lowest BCUT2D eigenvalue weighted by molar-refractivity contribution is -0.147. The van der Waals surface area contributed by atoms with Crippen LogP contribution in [0.2, 0.25) is 0 Å². The summed E-state index contributed by atoms with van der Waals surface area (Å²) in [5, 5.41) is 9.74. The first kappa shape index (κ1) is 14.7. The third kappa shape index (κ3) is 3.91. The molecule has 1 heterocycles. The molecule has 0 saturated heterocycles. The fourth-order valence-corrected chi connectivity index (χ4v) is 2.14. The molecule has 0 aliphatic heterocycles. The first-order chi connectivity index (χ1) is 9.49. The van der Waals surface area contributed by atoms with Gasteiger partial charge in [-0.2, -0.15) is 13.2 Å². The second-order valence-corrected chi connectivity index (χ2v) is 4.54. The second kappa shape index (κ2) is 6.19. The van der Waals surface area contributed by atoms with Crippen LogP contribution in [0.25, 0.3) is 10.9 Å². The molecule has 0 unspecified atom stereocenters. The van der Waals surface area contributed by atoms with Crippen molar-refractivity contribution < 1.29 is 18.3 Å². The Morgan fingerprint density at radius 3 is 2.60 bits per heavy atom. The van der Waals surface area contributed by atoms with Gasteiger partial charge in [-0.25, -0.2) is 0 Å². The Morgan fingerprint density at radius 1 is 1.15 bits per heavy atom. The normalized spacial score (nSPS) is 12.2. The van der Waals surface area contributed by atoms with E-state index < -0.39 is 12.7 Å². The maximum atomic E-state index is 12.5. The predicted molar refractivity (Wildman–Crippen MR) is 70.2 cm³/mol. The summed E-state index contributed by atoms with van der Waals surface area (Å²) in [5.41, 5.74) is 1.52. The highest BCUT2D eigenvalue weighted by Crippen LogP contribution is 2.21. The molecule has 6 heteroatoms. The SMILES string of the molecule is OCCN(Cc1ccnc2ccccc12)CC(F)(F)F. The van der Waals surface area contributed by atoms with Gasteiger partial charge in [0.2, 0.25) is 0 Å². The van der Waals surface area contributed by atoms with Crippen molar-refractivity contribution in [1.29, 1.82) is 0 Å². The number of rotatable bonds is 5. The molecule has 0 fully saturated rings. The zero-order valence-electron chi connectivity index (χ0n) is 10.8. The van der Waals surface area contributed by atoms with Gasteiger partial charge in [0.05, 0.1) is 18.7 Å². The average molecular weight is 284 g/mol. The average Bonchev–Trinajstić information content (AvgIpc) is 2.37. The van der Waals surface area contributed by atoms with Crippen molar-refractivity contribution >= 4 is 10.9 Å². The molecule has 1 aromatic heterocycles. The Balaban J connectivity index is 2.24. The van der Waals surface area contributed by atoms with Gasteiger partial charge in [0.1, 0.15) is 0 Å². The number of aromatic nitrogens is 1. The summed E-state index contributed by atoms with van der Waals surface area (Å²) in [7, 11) is 0. The van der Waals surface area contributed by atoms with E-state index in [2.05, 4.69) is 4.98 Å². The van der Waals surface area contributed by atoms with Gasteiger partial charge in [-0.3, -0.25) is 9.88 Å². The van der Waals surface area contributed by atoms with E-state index in [4.69, 9.17) is 5.11 Å². The smallest absolute Gasteiger partial charge is 0.395 e. The minimum atomic E-state index is -4.28. The van der Waals surface area contributed by atoms with Crippen LogP contribution in [0.5, 0.6) is 0 Å². The Labute approximate surface area is 114 Å². The summed E-state index contributed by atoms with van der Waals surface area (Å²) in [6.07, 6.45) is -2.69. The number of nitrogens with zero attached hydrogens (tertiary/aromatic N) is 2. The van der Waals surface area contributed by atoms with E-state index in [1.165, 1.54) is 4.90 Å². The molecule has 0 amide bonds. The first-order valence-corrected chi connectivity index (χ1v) is 6.22. The van der Waals surface area contributed by atoms with Crippen LogP contribution in [0.3, 0.4) is 0 Å². The standard InChI is InChI=1S/C14H15F3N2O/c15-14(16,17)10-19(7-8-20)9-11-5-6-18-13-4-2-1-3-12(11)13/h1-6,20H,7-10H2. The van der Waals surface area contributed by atoms with Crippen molar-refractivity contribution in [2.45, 2.75) is 12.7 Å². The number of hydrogen-bond donors (Lipinski definition) is 1. The van der Waals surface area contributed by atoms with Crippen LogP contribution in [0.1, 0.15) is 5.56 Å². The number of para-hydroxylation sites is 1. The van der Waals surface area contributed by atoms with Crippen LogP contribution in [0.4, 0.5) is 13.2 Å². The maximum Gasteiger partial charge on any atom is 0.401 e. The van der Waals surface area contributed by atoms with E-state index in [0.717, 1.165) is 16.5 Å². The molecular weight excluding hydrogens is 269 g/mol. The molecule has 0 bridgehead atoms. The van der Waals surface area contributed by atoms with Gasteiger partial charge < -0.3 is 5.11 Å². The molecule has 2 rings (SSSR count). The number of aliphatic hydroxyl groups excluding tert-OH is 1. The zero-order valence-corrected chi connectivity index (χ0v) is 10.8. The largest absolute Gasteiger partial charge is 0.401 e. The van der Waals surface area contributed by atoms with Crippen LogP contribution < -0.4 is 0 Å². The molecule has 0 radical (unpaired) electrons. The van der Waals surface area contributed by atoms with Gasteiger partial charge >= 0.3 is 6.18 Å². The second-order valence-electron chi connectivity index (χ2n) is 4.54. The van der Waals surface area contributed by atoms with Crippen molar-refractivity contribution in [3.63, 3.8) is 0 Å². The summed E-state index contributed by atoms with van der Waals surface area (Å²) in [6.45, 7) is -1.23. The topological polar surface area (TPSA) is 36.4 Å². The van der Waals surface area contributed by atoms with Crippen LogP contribution in [-0.4, -0.2) is 40.9 Å². The van der Waals surface area contributed by atoms with Crippen LogP contribution >= 0.6 is 0 Å². The molecule has 20 heavy (non-hydrogen) atoms. The lowest BCUT2D eigenvalue weighted by atomic mass is 10.1. The Bertz CT molecular complexity index is 566. The van der Waals surface area contributed by atoms with E-state index in [0.29, 0.717) is 0 Å². The number of alkyl halides is 3. The lowest BCUT2D eigenvalue weighted by Gasteiger charge is -2.23. The number of benzene rings is 1. The third-order valence-electron chi connectivity index (χ3n) is 2.95. The minimum absolute atomic E-state index is 0.0177. The molecule has 1 N–H and O–H groups in total. The summed E-state index contributed by atoms with van der Waals surface area (Å²) in [4.78, 5) is 5.36. The zero-order chi connectivity index (χ0) is 14.6. The lowest BCUT2D eigenvalue weighted by Crippen LogP contribution is -2.35. The molecule has 0 saturated carbocycles. The fourth-order valence-electron chi connectivity index (χ4n) is 2.14. The van der Waals surface area contributed by atoms with E-state index in [1.54, 1.807) is 12.3 Å². The number of hydrogen-bond acceptors (Lipinski definition) is 3. The number of pyridine rings is 1. The Kier molecular flexibility index (Phi) is 4.57. The molecule has 0 atom stereocenters. The van der Waals surface area contributed by atoms with Gasteiger partial charge in [-0.1, -0.05) is 18.2 Å². The van der Waals surface area contributed by atoms with Crippen molar-refractivity contribution in [1.82, 2.24) is 9.88 Å². The van der Waals surface area contributed by atoms with Crippen molar-refractivity contribution in [3.05, 3.63) is 42.1 Å². The first-order valence-electron chi connectivity index (χ1n) is 6.22. The van der Waals surface area contributed by atoms with E-state index >= 15 is 0 Å². The Hall–Kier alpha value is -1.66. The highest BCUT2D eigenvalue weighted by atomic mass is 19.4. The molecule has 1 aromatic carbocycles. The highest BCUT2D eigenvalue weighted by Gasteiger charge is 2.30. The highest BCUT2D eigenvalue weighted by molar-refractivity contribution is 5.81. The molecule has 2 aromatic rings. The molecule has 0 aliphatic rings. The van der Waals surface area contributed by atoms with Crippen LogP contribution in [0.15, 0.2) is 36.5 Å². The fraction of sp³-hybridized carbons (Fsp3) is 0.357. The van der Waals surface area contributed by atoms with Crippen molar-refractivity contribution in [2.75, 3.05) is 19.7 Å². The van der Waals surface area contributed by atoms with Crippen LogP contribution in [0, 0.1) is 0 Å². The number of halogens is 3. The molecule has 0 spiro atoms. The monoisotopic (exact) mass is 284 g/mol. The molecule has 3 nitrogen and oxygen atoms in total. The van der Waals surface area contributed by atoms with Gasteiger partial charge in [0.15, 0.2) is 0 Å². The van der Waals surface area contributed by atoms with Crippen molar-refractivity contribution in [3.8, 4) is 0 Å².